The minimum atomic E-state index is 0.395. The average Bonchev–Trinajstić information content (AvgIpc) is 2.41. The lowest BCUT2D eigenvalue weighted by Crippen LogP contribution is -2.31. The third kappa shape index (κ3) is 6.74. The molecule has 20 heavy (non-hydrogen) atoms. The van der Waals surface area contributed by atoms with Crippen LogP contribution in [0, 0.1) is 5.92 Å². The number of likely N-dealkylation sites (N-methyl/N-ethyl adjacent to an activating group) is 1. The predicted molar refractivity (Wildman–Crippen MR) is 89.4 cm³/mol. The Labute approximate surface area is 129 Å². The summed E-state index contributed by atoms with van der Waals surface area (Å²) in [6.07, 6.45) is 2.58. The Balaban J connectivity index is 2.23. The van der Waals surface area contributed by atoms with Crippen molar-refractivity contribution in [2.24, 2.45) is 5.92 Å². The van der Waals surface area contributed by atoms with Crippen LogP contribution in [0.2, 0.25) is 5.02 Å². The van der Waals surface area contributed by atoms with Crippen LogP contribution in [0.4, 0.5) is 0 Å². The van der Waals surface area contributed by atoms with Gasteiger partial charge in [-0.25, -0.2) is 0 Å². The molecule has 3 heteroatoms. The number of nitrogens with zero attached hydrogens (tertiary/aromatic N) is 1. The average molecular weight is 297 g/mol. The van der Waals surface area contributed by atoms with E-state index in [-0.39, 0.29) is 0 Å². The van der Waals surface area contributed by atoms with E-state index in [1.807, 2.05) is 12.1 Å². The second-order valence-electron chi connectivity index (χ2n) is 6.00. The van der Waals surface area contributed by atoms with E-state index in [1.165, 1.54) is 18.4 Å². The molecule has 0 aliphatic carbocycles. The lowest BCUT2D eigenvalue weighted by molar-refractivity contribution is 0.261. The van der Waals surface area contributed by atoms with Crippen LogP contribution >= 0.6 is 11.6 Å². The Kier molecular flexibility index (Phi) is 8.20. The van der Waals surface area contributed by atoms with Crippen LogP contribution in [0.1, 0.15) is 45.2 Å². The smallest absolute Gasteiger partial charge is 0.0409 e. The van der Waals surface area contributed by atoms with Crippen LogP contribution in [0.5, 0.6) is 0 Å². The predicted octanol–water partition coefficient (Wildman–Crippen LogP) is 4.36. The van der Waals surface area contributed by atoms with Crippen molar-refractivity contribution in [2.45, 2.75) is 39.7 Å². The molecule has 0 aliphatic rings. The van der Waals surface area contributed by atoms with Gasteiger partial charge in [-0.2, -0.15) is 0 Å². The molecule has 0 bridgehead atoms. The van der Waals surface area contributed by atoms with Gasteiger partial charge in [-0.05, 0) is 57.0 Å². The largest absolute Gasteiger partial charge is 0.315 e. The van der Waals surface area contributed by atoms with Crippen molar-refractivity contribution in [3.63, 3.8) is 0 Å². The Morgan fingerprint density at radius 3 is 2.60 bits per heavy atom. The van der Waals surface area contributed by atoms with Crippen molar-refractivity contribution in [1.82, 2.24) is 10.2 Å². The lowest BCUT2D eigenvalue weighted by Gasteiger charge is -2.25. The summed E-state index contributed by atoms with van der Waals surface area (Å²) < 4.78 is 0. The van der Waals surface area contributed by atoms with Gasteiger partial charge in [0.25, 0.3) is 0 Å². The van der Waals surface area contributed by atoms with Crippen molar-refractivity contribution >= 4 is 11.6 Å². The zero-order valence-corrected chi connectivity index (χ0v) is 14.1. The summed E-state index contributed by atoms with van der Waals surface area (Å²) >= 11 is 6.05. The van der Waals surface area contributed by atoms with Gasteiger partial charge >= 0.3 is 0 Å². The Bertz CT molecular complexity index is 379. The molecule has 0 aliphatic heterocycles. The zero-order valence-electron chi connectivity index (χ0n) is 13.3. The normalized spacial score (nSPS) is 13.2. The maximum Gasteiger partial charge on any atom is 0.0409 e. The molecule has 0 fully saturated rings. The van der Waals surface area contributed by atoms with Crippen LogP contribution in [-0.4, -0.2) is 31.6 Å². The summed E-state index contributed by atoms with van der Waals surface area (Å²) in [6, 6.07) is 8.54. The fourth-order valence-electron chi connectivity index (χ4n) is 2.23. The van der Waals surface area contributed by atoms with Crippen molar-refractivity contribution in [3.05, 3.63) is 34.9 Å². The van der Waals surface area contributed by atoms with Gasteiger partial charge < -0.3 is 5.32 Å². The van der Waals surface area contributed by atoms with E-state index in [4.69, 9.17) is 11.6 Å². The summed E-state index contributed by atoms with van der Waals surface area (Å²) in [4.78, 5) is 2.36. The fraction of sp³-hybridized carbons (Fsp3) is 0.647. The molecule has 1 aromatic rings. The first-order chi connectivity index (χ1) is 9.50. The van der Waals surface area contributed by atoms with Crippen LogP contribution in [0.15, 0.2) is 24.3 Å². The lowest BCUT2D eigenvalue weighted by atomic mass is 10.1. The third-order valence-corrected chi connectivity index (χ3v) is 4.00. The van der Waals surface area contributed by atoms with Crippen molar-refractivity contribution in [3.8, 4) is 0 Å². The number of hydrogen-bond acceptors (Lipinski definition) is 2. The zero-order chi connectivity index (χ0) is 15.0. The minimum absolute atomic E-state index is 0.395. The first-order valence-corrected chi connectivity index (χ1v) is 8.05. The topological polar surface area (TPSA) is 15.3 Å². The molecule has 114 valence electrons. The van der Waals surface area contributed by atoms with Crippen LogP contribution in [-0.2, 0) is 0 Å². The minimum Gasteiger partial charge on any atom is -0.315 e. The molecule has 2 nitrogen and oxygen atoms in total. The number of halogens is 1. The molecular formula is C17H29ClN2. The second-order valence-corrected chi connectivity index (χ2v) is 6.43. The maximum absolute atomic E-state index is 6.05. The summed E-state index contributed by atoms with van der Waals surface area (Å²) in [7, 11) is 2.17. The van der Waals surface area contributed by atoms with Crippen LogP contribution in [0.3, 0.4) is 0 Å². The Morgan fingerprint density at radius 2 is 1.95 bits per heavy atom. The molecular weight excluding hydrogens is 268 g/mol. The van der Waals surface area contributed by atoms with Gasteiger partial charge in [0.2, 0.25) is 0 Å². The van der Waals surface area contributed by atoms with Crippen molar-refractivity contribution in [1.29, 1.82) is 0 Å². The SMILES string of the molecule is CC(C)CCCNCCN(C)C(C)c1cccc(Cl)c1. The quantitative estimate of drug-likeness (QED) is 0.681. The molecule has 1 atom stereocenters. The van der Waals surface area contributed by atoms with E-state index in [2.05, 4.69) is 50.2 Å². The summed E-state index contributed by atoms with van der Waals surface area (Å²) in [5.41, 5.74) is 1.28. The molecule has 1 N–H and O–H groups in total. The molecule has 0 aromatic heterocycles. The third-order valence-electron chi connectivity index (χ3n) is 3.77. The van der Waals surface area contributed by atoms with Gasteiger partial charge in [0.15, 0.2) is 0 Å². The number of benzene rings is 1. The molecule has 1 aromatic carbocycles. The molecule has 0 heterocycles. The van der Waals surface area contributed by atoms with Gasteiger partial charge in [0.05, 0.1) is 0 Å². The fourth-order valence-corrected chi connectivity index (χ4v) is 2.43. The summed E-state index contributed by atoms with van der Waals surface area (Å²) in [6.45, 7) is 10.00. The highest BCUT2D eigenvalue weighted by Gasteiger charge is 2.11. The van der Waals surface area contributed by atoms with Crippen molar-refractivity contribution < 1.29 is 0 Å². The highest BCUT2D eigenvalue weighted by Crippen LogP contribution is 2.21. The number of nitrogens with one attached hydrogen (secondary N) is 1. The van der Waals surface area contributed by atoms with Gasteiger partial charge in [-0.3, -0.25) is 4.90 Å². The van der Waals surface area contributed by atoms with Gasteiger partial charge in [0, 0.05) is 24.2 Å². The van der Waals surface area contributed by atoms with E-state index >= 15 is 0 Å². The van der Waals surface area contributed by atoms with E-state index in [9.17, 15) is 0 Å². The summed E-state index contributed by atoms with van der Waals surface area (Å²) in [5.74, 6) is 0.808. The van der Waals surface area contributed by atoms with E-state index < -0.39 is 0 Å². The second kappa shape index (κ2) is 9.38. The molecule has 0 radical (unpaired) electrons. The first kappa shape index (κ1) is 17.5. The van der Waals surface area contributed by atoms with Crippen LogP contribution < -0.4 is 5.32 Å². The van der Waals surface area contributed by atoms with Gasteiger partial charge in [0.1, 0.15) is 0 Å². The van der Waals surface area contributed by atoms with E-state index in [1.54, 1.807) is 0 Å². The molecule has 1 unspecified atom stereocenters. The first-order valence-electron chi connectivity index (χ1n) is 7.67. The summed E-state index contributed by atoms with van der Waals surface area (Å²) in [5, 5.41) is 4.34. The van der Waals surface area contributed by atoms with Crippen molar-refractivity contribution in [2.75, 3.05) is 26.7 Å². The number of hydrogen-bond donors (Lipinski definition) is 1. The molecule has 0 saturated carbocycles. The standard InChI is InChI=1S/C17H29ClN2/c1-14(2)7-6-10-19-11-12-20(4)15(3)16-8-5-9-17(18)13-16/h5,8-9,13-15,19H,6-7,10-12H2,1-4H3. The molecule has 0 spiro atoms. The van der Waals surface area contributed by atoms with Crippen LogP contribution in [0.25, 0.3) is 0 Å². The molecule has 0 saturated heterocycles. The highest BCUT2D eigenvalue weighted by atomic mass is 35.5. The molecule has 0 amide bonds. The van der Waals surface area contributed by atoms with Gasteiger partial charge in [-0.15, -0.1) is 0 Å². The molecule has 1 rings (SSSR count). The van der Waals surface area contributed by atoms with Gasteiger partial charge in [-0.1, -0.05) is 37.6 Å². The number of rotatable bonds is 9. The Hall–Kier alpha value is -0.570. The van der Waals surface area contributed by atoms with E-state index in [0.29, 0.717) is 6.04 Å². The maximum atomic E-state index is 6.05. The Morgan fingerprint density at radius 1 is 1.20 bits per heavy atom. The van der Waals surface area contributed by atoms with E-state index in [0.717, 1.165) is 30.6 Å². The highest BCUT2D eigenvalue weighted by molar-refractivity contribution is 6.30. The monoisotopic (exact) mass is 296 g/mol.